The maximum absolute atomic E-state index is 12.0. The highest BCUT2D eigenvalue weighted by molar-refractivity contribution is 9.10. The molecule has 4 nitrogen and oxygen atoms in total. The van der Waals surface area contributed by atoms with Gasteiger partial charge in [0.25, 0.3) is 11.7 Å². The molecule has 1 aromatic carbocycles. The number of aliphatic hydroxyl groups is 1. The average Bonchev–Trinajstić information content (AvgIpc) is 2.50. The van der Waals surface area contributed by atoms with Crippen LogP contribution in [0.5, 0.6) is 0 Å². The number of hydrogen-bond donors (Lipinski definition) is 1. The number of anilines is 1. The number of benzene rings is 1. The standard InChI is InChI=1S/C14H16BrNO3/c1-8-6-9(15)7-10-11(8)16(13(18)12(10)17)5-4-14(2,3)19/h6-7,19H,4-5H2,1-3H3. The van der Waals surface area contributed by atoms with Gasteiger partial charge >= 0.3 is 0 Å². The minimum atomic E-state index is -0.866. The van der Waals surface area contributed by atoms with Crippen molar-refractivity contribution in [2.45, 2.75) is 32.8 Å². The molecule has 0 unspecified atom stereocenters. The third kappa shape index (κ3) is 2.72. The van der Waals surface area contributed by atoms with Crippen molar-refractivity contribution in [2.75, 3.05) is 11.4 Å². The Hall–Kier alpha value is -1.20. The highest BCUT2D eigenvalue weighted by atomic mass is 79.9. The summed E-state index contributed by atoms with van der Waals surface area (Å²) in [5.41, 5.74) is 1.12. The smallest absolute Gasteiger partial charge is 0.299 e. The summed E-state index contributed by atoms with van der Waals surface area (Å²) in [6, 6.07) is 3.55. The molecule has 0 saturated carbocycles. The number of hydrogen-bond acceptors (Lipinski definition) is 3. The largest absolute Gasteiger partial charge is 0.390 e. The van der Waals surface area contributed by atoms with E-state index < -0.39 is 17.3 Å². The van der Waals surface area contributed by atoms with Gasteiger partial charge in [-0.05, 0) is 44.9 Å². The molecule has 0 fully saturated rings. The lowest BCUT2D eigenvalue weighted by atomic mass is 10.0. The van der Waals surface area contributed by atoms with Gasteiger partial charge in [-0.3, -0.25) is 9.59 Å². The van der Waals surface area contributed by atoms with E-state index in [1.54, 1.807) is 19.9 Å². The van der Waals surface area contributed by atoms with Crippen molar-refractivity contribution >= 4 is 33.3 Å². The first-order valence-electron chi connectivity index (χ1n) is 6.09. The summed E-state index contributed by atoms with van der Waals surface area (Å²) in [4.78, 5) is 25.5. The molecule has 1 aliphatic heterocycles. The lowest BCUT2D eigenvalue weighted by Gasteiger charge is -2.23. The van der Waals surface area contributed by atoms with Crippen molar-refractivity contribution in [1.82, 2.24) is 0 Å². The molecule has 1 aromatic rings. The molecule has 0 spiro atoms. The van der Waals surface area contributed by atoms with E-state index in [-0.39, 0.29) is 0 Å². The van der Waals surface area contributed by atoms with Crippen molar-refractivity contribution in [1.29, 1.82) is 0 Å². The Labute approximate surface area is 120 Å². The van der Waals surface area contributed by atoms with Gasteiger partial charge in [0.15, 0.2) is 0 Å². The Kier molecular flexibility index (Phi) is 3.53. The van der Waals surface area contributed by atoms with Gasteiger partial charge in [0.1, 0.15) is 0 Å². The molecular formula is C14H16BrNO3. The molecular weight excluding hydrogens is 310 g/mol. The minimum Gasteiger partial charge on any atom is -0.390 e. The molecule has 1 heterocycles. The molecule has 5 heteroatoms. The Balaban J connectivity index is 2.39. The van der Waals surface area contributed by atoms with Crippen LogP contribution in [0.15, 0.2) is 16.6 Å². The third-order valence-corrected chi connectivity index (χ3v) is 3.62. The number of rotatable bonds is 3. The van der Waals surface area contributed by atoms with E-state index in [4.69, 9.17) is 0 Å². The maximum Gasteiger partial charge on any atom is 0.299 e. The van der Waals surface area contributed by atoms with Crippen LogP contribution in [0, 0.1) is 6.92 Å². The van der Waals surface area contributed by atoms with Crippen molar-refractivity contribution < 1.29 is 14.7 Å². The van der Waals surface area contributed by atoms with E-state index in [1.807, 2.05) is 13.0 Å². The fraction of sp³-hybridized carbons (Fsp3) is 0.429. The van der Waals surface area contributed by atoms with E-state index >= 15 is 0 Å². The first-order chi connectivity index (χ1) is 8.70. The molecule has 102 valence electrons. The van der Waals surface area contributed by atoms with Crippen LogP contribution in [0.25, 0.3) is 0 Å². The van der Waals surface area contributed by atoms with Gasteiger partial charge in [0.2, 0.25) is 0 Å². The highest BCUT2D eigenvalue weighted by Gasteiger charge is 2.37. The predicted molar refractivity (Wildman–Crippen MR) is 76.5 cm³/mol. The van der Waals surface area contributed by atoms with E-state index in [9.17, 15) is 14.7 Å². The number of aryl methyl sites for hydroxylation is 1. The van der Waals surface area contributed by atoms with Crippen LogP contribution in [0.1, 0.15) is 36.2 Å². The number of halogens is 1. The van der Waals surface area contributed by atoms with E-state index in [0.717, 1.165) is 10.0 Å². The second kappa shape index (κ2) is 4.72. The molecule has 1 amide bonds. The molecule has 1 N–H and O–H groups in total. The molecule has 0 radical (unpaired) electrons. The summed E-state index contributed by atoms with van der Waals surface area (Å²) >= 11 is 3.33. The summed E-state index contributed by atoms with van der Waals surface area (Å²) in [5, 5.41) is 9.76. The number of amides is 1. The van der Waals surface area contributed by atoms with Gasteiger partial charge in [0.05, 0.1) is 16.9 Å². The van der Waals surface area contributed by atoms with Gasteiger partial charge in [-0.15, -0.1) is 0 Å². The van der Waals surface area contributed by atoms with Crippen LogP contribution in [0.4, 0.5) is 5.69 Å². The summed E-state index contributed by atoms with van der Waals surface area (Å²) < 4.78 is 0.786. The van der Waals surface area contributed by atoms with Crippen molar-refractivity contribution in [2.24, 2.45) is 0 Å². The van der Waals surface area contributed by atoms with Crippen LogP contribution >= 0.6 is 15.9 Å². The lowest BCUT2D eigenvalue weighted by molar-refractivity contribution is -0.114. The van der Waals surface area contributed by atoms with Gasteiger partial charge in [-0.2, -0.15) is 0 Å². The summed E-state index contributed by atoms with van der Waals surface area (Å²) in [6.07, 6.45) is 0.418. The van der Waals surface area contributed by atoms with Crippen LogP contribution in [-0.2, 0) is 4.79 Å². The highest BCUT2D eigenvalue weighted by Crippen LogP contribution is 2.35. The molecule has 0 saturated heterocycles. The summed E-state index contributed by atoms with van der Waals surface area (Å²) in [6.45, 7) is 5.57. The molecule has 0 bridgehead atoms. The van der Waals surface area contributed by atoms with Crippen LogP contribution in [0.2, 0.25) is 0 Å². The predicted octanol–water partition coefficient (Wildman–Crippen LogP) is 2.45. The zero-order valence-corrected chi connectivity index (χ0v) is 12.7. The number of Topliss-reactive ketones (excluding diaryl/α,β-unsaturated/α-hetero) is 1. The van der Waals surface area contributed by atoms with Crippen molar-refractivity contribution in [3.05, 3.63) is 27.7 Å². The Morgan fingerprint density at radius 3 is 2.53 bits per heavy atom. The Morgan fingerprint density at radius 1 is 1.32 bits per heavy atom. The van der Waals surface area contributed by atoms with Crippen molar-refractivity contribution in [3.8, 4) is 0 Å². The first-order valence-corrected chi connectivity index (χ1v) is 6.89. The second-order valence-corrected chi connectivity index (χ2v) is 6.38. The quantitative estimate of drug-likeness (QED) is 0.868. The molecule has 0 aliphatic carbocycles. The second-order valence-electron chi connectivity index (χ2n) is 5.47. The molecule has 2 rings (SSSR count). The SMILES string of the molecule is Cc1cc(Br)cc2c1N(CCC(C)(C)O)C(=O)C2=O. The molecule has 19 heavy (non-hydrogen) atoms. The number of ketones is 1. The van der Waals surface area contributed by atoms with E-state index in [0.29, 0.717) is 24.2 Å². The zero-order valence-electron chi connectivity index (χ0n) is 11.2. The van der Waals surface area contributed by atoms with Gasteiger partial charge in [-0.1, -0.05) is 15.9 Å². The van der Waals surface area contributed by atoms with Crippen LogP contribution in [0.3, 0.4) is 0 Å². The Bertz CT molecular complexity index is 561. The topological polar surface area (TPSA) is 57.6 Å². The summed E-state index contributed by atoms with van der Waals surface area (Å²) in [5.74, 6) is -0.990. The van der Waals surface area contributed by atoms with Gasteiger partial charge in [-0.25, -0.2) is 0 Å². The number of carbonyl (C=O) groups excluding carboxylic acids is 2. The average molecular weight is 326 g/mol. The van der Waals surface area contributed by atoms with Gasteiger partial charge in [0, 0.05) is 11.0 Å². The normalized spacial score (nSPS) is 15.1. The first kappa shape index (κ1) is 14.2. The zero-order chi connectivity index (χ0) is 14.4. The van der Waals surface area contributed by atoms with Crippen LogP contribution in [-0.4, -0.2) is 28.9 Å². The number of fused-ring (bicyclic) bond motifs is 1. The number of nitrogens with zero attached hydrogens (tertiary/aromatic N) is 1. The molecule has 0 atom stereocenters. The number of carbonyl (C=O) groups is 2. The fourth-order valence-electron chi connectivity index (χ4n) is 2.20. The fourth-order valence-corrected chi connectivity index (χ4v) is 2.78. The van der Waals surface area contributed by atoms with E-state index in [1.165, 1.54) is 4.90 Å². The monoisotopic (exact) mass is 325 g/mol. The lowest BCUT2D eigenvalue weighted by Crippen LogP contribution is -2.35. The third-order valence-electron chi connectivity index (χ3n) is 3.17. The van der Waals surface area contributed by atoms with Gasteiger partial charge < -0.3 is 10.0 Å². The maximum atomic E-state index is 12.0. The molecule has 0 aromatic heterocycles. The van der Waals surface area contributed by atoms with Crippen LogP contribution < -0.4 is 4.90 Å². The molecule has 1 aliphatic rings. The van der Waals surface area contributed by atoms with E-state index in [2.05, 4.69) is 15.9 Å². The summed E-state index contributed by atoms with van der Waals surface area (Å²) in [7, 11) is 0. The van der Waals surface area contributed by atoms with Crippen molar-refractivity contribution in [3.63, 3.8) is 0 Å². The Morgan fingerprint density at radius 2 is 1.95 bits per heavy atom. The minimum absolute atomic E-state index is 0.337.